The van der Waals surface area contributed by atoms with Gasteiger partial charge in [-0.05, 0) is 66.5 Å². The van der Waals surface area contributed by atoms with E-state index < -0.39 is 23.3 Å². The van der Waals surface area contributed by atoms with E-state index in [2.05, 4.69) is 17.4 Å². The highest BCUT2D eigenvalue weighted by molar-refractivity contribution is 7.14. The summed E-state index contributed by atoms with van der Waals surface area (Å²) in [5, 5.41) is 25.7. The Morgan fingerprint density at radius 1 is 1.26 bits per heavy atom. The van der Waals surface area contributed by atoms with Gasteiger partial charge < -0.3 is 15.5 Å². The molecular formula is C21H22FNO3S. The van der Waals surface area contributed by atoms with Gasteiger partial charge in [-0.3, -0.25) is 0 Å². The second-order valence-electron chi connectivity index (χ2n) is 8.50. The minimum atomic E-state index is -1.09. The molecule has 0 aliphatic heterocycles. The van der Waals surface area contributed by atoms with Crippen LogP contribution in [0.3, 0.4) is 0 Å². The number of halogens is 1. The normalized spacial score (nSPS) is 32.0. The maximum Gasteiger partial charge on any atom is 0.338 e. The number of nitrogens with one attached hydrogen (secondary N) is 1. The van der Waals surface area contributed by atoms with Crippen LogP contribution in [0.15, 0.2) is 29.6 Å². The third kappa shape index (κ3) is 2.61. The van der Waals surface area contributed by atoms with Crippen LogP contribution in [0.1, 0.15) is 58.6 Å². The van der Waals surface area contributed by atoms with Gasteiger partial charge in [-0.2, -0.15) is 0 Å². The summed E-state index contributed by atoms with van der Waals surface area (Å²) in [6, 6.07) is 8.33. The number of carboxylic acid groups (broad SMARTS) is 1. The number of hydrogen-bond donors (Lipinski definition) is 3. The molecule has 142 valence electrons. The summed E-state index contributed by atoms with van der Waals surface area (Å²) in [5.74, 6) is -0.807. The monoisotopic (exact) mass is 387 g/mol. The Bertz CT molecular complexity index is 904. The number of alkyl halides is 1. The zero-order valence-electron chi connectivity index (χ0n) is 14.9. The standard InChI is InChI=1S/C21H22FNO3S/c22-21-9-20(10-21,11-21)19(26)23-17-16(18(24)25)15(8-27-17)14-6-5-12-3-1-2-4-13(12)7-14/h1-4,8,14,19,23,26H,5-7,9-11H2,(H,24,25). The van der Waals surface area contributed by atoms with E-state index in [0.29, 0.717) is 24.3 Å². The number of anilines is 1. The summed E-state index contributed by atoms with van der Waals surface area (Å²) in [4.78, 5) is 12.0. The Morgan fingerprint density at radius 2 is 1.96 bits per heavy atom. The third-order valence-electron chi connectivity index (χ3n) is 6.67. The van der Waals surface area contributed by atoms with Crippen LogP contribution in [-0.4, -0.2) is 28.1 Å². The number of aromatic carboxylic acids is 1. The quantitative estimate of drug-likeness (QED) is 0.668. The average Bonchev–Trinajstić information content (AvgIpc) is 3.01. The second-order valence-corrected chi connectivity index (χ2v) is 9.38. The molecule has 4 aliphatic carbocycles. The number of thiophene rings is 1. The number of aliphatic hydroxyl groups excluding tert-OH is 1. The molecule has 0 spiro atoms. The number of aliphatic hydroxyl groups is 1. The van der Waals surface area contributed by atoms with Gasteiger partial charge in [0, 0.05) is 5.41 Å². The van der Waals surface area contributed by atoms with E-state index in [1.807, 2.05) is 17.5 Å². The summed E-state index contributed by atoms with van der Waals surface area (Å²) >= 11 is 1.33. The van der Waals surface area contributed by atoms with Crippen LogP contribution in [0.5, 0.6) is 0 Å². The molecule has 2 atom stereocenters. The Morgan fingerprint density at radius 3 is 2.63 bits per heavy atom. The third-order valence-corrected chi connectivity index (χ3v) is 7.60. The Kier molecular flexibility index (Phi) is 3.69. The SMILES string of the molecule is O=C(O)c1c(C2CCc3ccccc3C2)csc1NC(O)C12CC(F)(C1)C2. The van der Waals surface area contributed by atoms with Gasteiger partial charge in [-0.1, -0.05) is 24.3 Å². The maximum absolute atomic E-state index is 13.8. The van der Waals surface area contributed by atoms with Crippen LogP contribution in [0.2, 0.25) is 0 Å². The summed E-state index contributed by atoms with van der Waals surface area (Å²) < 4.78 is 13.8. The molecular weight excluding hydrogens is 365 g/mol. The van der Waals surface area contributed by atoms with Crippen molar-refractivity contribution in [3.05, 3.63) is 51.9 Å². The van der Waals surface area contributed by atoms with Crippen LogP contribution in [-0.2, 0) is 12.8 Å². The molecule has 4 nitrogen and oxygen atoms in total. The minimum Gasteiger partial charge on any atom is -0.478 e. The van der Waals surface area contributed by atoms with E-state index in [4.69, 9.17) is 0 Å². The molecule has 2 bridgehead atoms. The van der Waals surface area contributed by atoms with Gasteiger partial charge in [-0.25, -0.2) is 9.18 Å². The molecule has 2 unspecified atom stereocenters. The first-order chi connectivity index (χ1) is 12.9. The van der Waals surface area contributed by atoms with E-state index in [1.54, 1.807) is 0 Å². The number of benzene rings is 1. The zero-order valence-corrected chi connectivity index (χ0v) is 15.7. The number of carboxylic acids is 1. The molecule has 0 radical (unpaired) electrons. The topological polar surface area (TPSA) is 69.6 Å². The first kappa shape index (κ1) is 17.2. The lowest BCUT2D eigenvalue weighted by Gasteiger charge is -2.67. The number of carbonyl (C=O) groups is 1. The average molecular weight is 387 g/mol. The fraction of sp³-hybridized carbons (Fsp3) is 0.476. The Balaban J connectivity index is 1.39. The molecule has 6 rings (SSSR count). The van der Waals surface area contributed by atoms with E-state index in [-0.39, 0.29) is 11.5 Å². The molecule has 2 aromatic rings. The van der Waals surface area contributed by atoms with Crippen LogP contribution < -0.4 is 5.32 Å². The minimum absolute atomic E-state index is 0.166. The van der Waals surface area contributed by atoms with Crippen LogP contribution >= 0.6 is 11.3 Å². The molecule has 4 aliphatic rings. The van der Waals surface area contributed by atoms with Gasteiger partial charge in [0.15, 0.2) is 0 Å². The highest BCUT2D eigenvalue weighted by Gasteiger charge is 2.72. The highest BCUT2D eigenvalue weighted by atomic mass is 32.1. The summed E-state index contributed by atoms with van der Waals surface area (Å²) in [7, 11) is 0. The Hall–Kier alpha value is -1.92. The van der Waals surface area contributed by atoms with Gasteiger partial charge in [0.05, 0.1) is 5.56 Å². The fourth-order valence-corrected chi connectivity index (χ4v) is 6.32. The number of hydrogen-bond acceptors (Lipinski definition) is 4. The molecule has 1 heterocycles. The molecule has 6 heteroatoms. The van der Waals surface area contributed by atoms with Crippen molar-refractivity contribution >= 4 is 22.3 Å². The Labute approximate surface area is 161 Å². The lowest BCUT2D eigenvalue weighted by atomic mass is 9.41. The van der Waals surface area contributed by atoms with Crippen molar-refractivity contribution in [1.29, 1.82) is 0 Å². The largest absolute Gasteiger partial charge is 0.478 e. The van der Waals surface area contributed by atoms with Gasteiger partial charge in [0.2, 0.25) is 0 Å². The van der Waals surface area contributed by atoms with Crippen LogP contribution in [0.4, 0.5) is 9.39 Å². The van der Waals surface area contributed by atoms with Gasteiger partial charge in [0.1, 0.15) is 16.9 Å². The lowest BCUT2D eigenvalue weighted by Crippen LogP contribution is -2.70. The van der Waals surface area contributed by atoms with Gasteiger partial charge in [-0.15, -0.1) is 11.3 Å². The first-order valence-electron chi connectivity index (χ1n) is 9.44. The number of aryl methyl sites for hydroxylation is 1. The molecule has 0 saturated heterocycles. The predicted octanol–water partition coefficient (Wildman–Crippen LogP) is 4.34. The van der Waals surface area contributed by atoms with Crippen molar-refractivity contribution in [2.24, 2.45) is 5.41 Å². The summed E-state index contributed by atoms with van der Waals surface area (Å²) in [6.45, 7) is 0. The highest BCUT2D eigenvalue weighted by Crippen LogP contribution is 2.71. The molecule has 1 aromatic heterocycles. The van der Waals surface area contributed by atoms with Gasteiger partial charge >= 0.3 is 5.97 Å². The summed E-state index contributed by atoms with van der Waals surface area (Å²) in [6.07, 6.45) is 2.92. The first-order valence-corrected chi connectivity index (χ1v) is 10.3. The van der Waals surface area contributed by atoms with Crippen molar-refractivity contribution in [3.63, 3.8) is 0 Å². The lowest BCUT2D eigenvalue weighted by molar-refractivity contribution is -0.252. The van der Waals surface area contributed by atoms with E-state index in [0.717, 1.165) is 24.8 Å². The zero-order chi connectivity index (χ0) is 18.8. The maximum atomic E-state index is 13.8. The van der Waals surface area contributed by atoms with Crippen LogP contribution in [0.25, 0.3) is 0 Å². The predicted molar refractivity (Wildman–Crippen MR) is 102 cm³/mol. The van der Waals surface area contributed by atoms with Crippen molar-refractivity contribution < 1.29 is 19.4 Å². The number of rotatable bonds is 5. The van der Waals surface area contributed by atoms with Crippen molar-refractivity contribution in [1.82, 2.24) is 0 Å². The molecule has 27 heavy (non-hydrogen) atoms. The fourth-order valence-electron chi connectivity index (χ4n) is 5.27. The molecule has 3 fully saturated rings. The van der Waals surface area contributed by atoms with Crippen molar-refractivity contribution in [2.75, 3.05) is 5.32 Å². The smallest absolute Gasteiger partial charge is 0.338 e. The van der Waals surface area contributed by atoms with Crippen molar-refractivity contribution in [3.8, 4) is 0 Å². The molecule has 3 N–H and O–H groups in total. The van der Waals surface area contributed by atoms with Crippen molar-refractivity contribution in [2.45, 2.75) is 56.3 Å². The molecule has 1 aromatic carbocycles. The van der Waals surface area contributed by atoms with Gasteiger partial charge in [0.25, 0.3) is 0 Å². The van der Waals surface area contributed by atoms with E-state index >= 15 is 0 Å². The second kappa shape index (κ2) is 5.79. The number of fused-ring (bicyclic) bond motifs is 1. The van der Waals surface area contributed by atoms with E-state index in [9.17, 15) is 19.4 Å². The molecule has 0 amide bonds. The van der Waals surface area contributed by atoms with Crippen LogP contribution in [0, 0.1) is 5.41 Å². The summed E-state index contributed by atoms with van der Waals surface area (Å²) in [5.41, 5.74) is 2.24. The molecule has 3 saturated carbocycles. The van der Waals surface area contributed by atoms with E-state index in [1.165, 1.54) is 22.5 Å².